The van der Waals surface area contributed by atoms with E-state index in [1.807, 2.05) is 26.0 Å². The Morgan fingerprint density at radius 2 is 1.86 bits per heavy atom. The van der Waals surface area contributed by atoms with Crippen molar-refractivity contribution in [1.29, 1.82) is 0 Å². The molecular weight excluding hydrogens is 284 g/mol. The number of aryl methyl sites for hydroxylation is 1. The Bertz CT molecular complexity index is 566. The molecule has 0 aromatic heterocycles. The van der Waals surface area contributed by atoms with E-state index in [4.69, 9.17) is 0 Å². The number of nitrogens with one attached hydrogen (secondary N) is 2. The molecule has 0 amide bonds. The van der Waals surface area contributed by atoms with E-state index in [9.17, 15) is 8.42 Å². The van der Waals surface area contributed by atoms with Crippen LogP contribution in [-0.4, -0.2) is 21.5 Å². The molecule has 0 saturated carbocycles. The molecule has 1 aromatic rings. The van der Waals surface area contributed by atoms with Crippen molar-refractivity contribution in [1.82, 2.24) is 10.0 Å². The molecule has 0 heterocycles. The molecule has 0 bridgehead atoms. The first-order valence-electron chi connectivity index (χ1n) is 7.52. The van der Waals surface area contributed by atoms with Crippen LogP contribution in [0.5, 0.6) is 0 Å². The molecule has 5 heteroatoms. The zero-order chi connectivity index (χ0) is 16.1. The summed E-state index contributed by atoms with van der Waals surface area (Å²) in [7, 11) is -3.46. The fraction of sp³-hybridized carbons (Fsp3) is 0.625. The molecule has 0 aliphatic carbocycles. The highest BCUT2D eigenvalue weighted by molar-refractivity contribution is 7.89. The highest BCUT2D eigenvalue weighted by Gasteiger charge is 2.22. The molecule has 0 spiro atoms. The maximum atomic E-state index is 12.5. The van der Waals surface area contributed by atoms with Crippen molar-refractivity contribution < 1.29 is 8.42 Å². The SMILES string of the molecule is CCNCc1ccc(C)c(S(=O)(=O)NCC(C)(C)CC)c1. The van der Waals surface area contributed by atoms with E-state index in [1.165, 1.54) is 0 Å². The van der Waals surface area contributed by atoms with Crippen LogP contribution in [0.3, 0.4) is 0 Å². The van der Waals surface area contributed by atoms with Crippen molar-refractivity contribution >= 4 is 10.0 Å². The Morgan fingerprint density at radius 1 is 1.19 bits per heavy atom. The van der Waals surface area contributed by atoms with Gasteiger partial charge in [-0.1, -0.05) is 39.8 Å². The number of sulfonamides is 1. The maximum absolute atomic E-state index is 12.5. The van der Waals surface area contributed by atoms with Crippen molar-refractivity contribution in [3.8, 4) is 0 Å². The molecule has 1 rings (SSSR count). The van der Waals surface area contributed by atoms with Crippen molar-refractivity contribution in [2.75, 3.05) is 13.1 Å². The van der Waals surface area contributed by atoms with Crippen LogP contribution in [0.4, 0.5) is 0 Å². The summed E-state index contributed by atoms with van der Waals surface area (Å²) in [6.07, 6.45) is 0.926. The number of rotatable bonds is 8. The summed E-state index contributed by atoms with van der Waals surface area (Å²) in [6, 6.07) is 5.60. The van der Waals surface area contributed by atoms with E-state index in [2.05, 4.69) is 30.8 Å². The standard InChI is InChI=1S/C16H28N2O2S/c1-6-16(4,5)12-18-21(19,20)15-10-14(11-17-7-2)9-8-13(15)3/h8-10,17-18H,6-7,11-12H2,1-5H3. The molecule has 120 valence electrons. The van der Waals surface area contributed by atoms with Crippen molar-refractivity contribution in [3.63, 3.8) is 0 Å². The Balaban J connectivity index is 2.96. The normalized spacial score (nSPS) is 12.6. The van der Waals surface area contributed by atoms with E-state index >= 15 is 0 Å². The topological polar surface area (TPSA) is 58.2 Å². The van der Waals surface area contributed by atoms with Gasteiger partial charge in [0.2, 0.25) is 10.0 Å². The molecule has 1 aromatic carbocycles. The largest absolute Gasteiger partial charge is 0.313 e. The van der Waals surface area contributed by atoms with Gasteiger partial charge in [0.1, 0.15) is 0 Å². The van der Waals surface area contributed by atoms with Gasteiger partial charge in [0.15, 0.2) is 0 Å². The molecule has 0 fully saturated rings. The zero-order valence-electron chi connectivity index (χ0n) is 13.8. The first-order valence-corrected chi connectivity index (χ1v) is 9.00. The van der Waals surface area contributed by atoms with Crippen LogP contribution in [0, 0.1) is 12.3 Å². The minimum absolute atomic E-state index is 0.0393. The molecule has 21 heavy (non-hydrogen) atoms. The van der Waals surface area contributed by atoms with Crippen molar-refractivity contribution in [3.05, 3.63) is 29.3 Å². The zero-order valence-corrected chi connectivity index (χ0v) is 14.6. The Labute approximate surface area is 129 Å². The second-order valence-electron chi connectivity index (χ2n) is 6.22. The predicted octanol–water partition coefficient (Wildman–Crippen LogP) is 2.82. The van der Waals surface area contributed by atoms with Crippen LogP contribution in [0.2, 0.25) is 0 Å². The van der Waals surface area contributed by atoms with Crippen molar-refractivity contribution in [2.45, 2.75) is 52.5 Å². The third kappa shape index (κ3) is 5.41. The molecule has 0 saturated heterocycles. The van der Waals surface area contributed by atoms with Gasteiger partial charge in [-0.3, -0.25) is 0 Å². The summed E-state index contributed by atoms with van der Waals surface area (Å²) in [6.45, 7) is 12.0. The van der Waals surface area contributed by atoms with Crippen LogP contribution >= 0.6 is 0 Å². The summed E-state index contributed by atoms with van der Waals surface area (Å²) in [5.41, 5.74) is 1.72. The second kappa shape index (κ2) is 7.38. The van der Waals surface area contributed by atoms with Crippen LogP contribution < -0.4 is 10.0 Å². The molecule has 0 unspecified atom stereocenters. The Hall–Kier alpha value is -0.910. The summed E-state index contributed by atoms with van der Waals surface area (Å²) in [4.78, 5) is 0.379. The Morgan fingerprint density at radius 3 is 2.43 bits per heavy atom. The third-order valence-electron chi connectivity index (χ3n) is 3.82. The predicted molar refractivity (Wildman–Crippen MR) is 87.8 cm³/mol. The lowest BCUT2D eigenvalue weighted by Gasteiger charge is -2.23. The van der Waals surface area contributed by atoms with Gasteiger partial charge in [-0.2, -0.15) is 0 Å². The van der Waals surface area contributed by atoms with Crippen LogP contribution in [0.15, 0.2) is 23.1 Å². The third-order valence-corrected chi connectivity index (χ3v) is 5.36. The maximum Gasteiger partial charge on any atom is 0.240 e. The minimum Gasteiger partial charge on any atom is -0.313 e. The van der Waals surface area contributed by atoms with Gasteiger partial charge in [-0.25, -0.2) is 13.1 Å². The molecule has 0 aliphatic rings. The highest BCUT2D eigenvalue weighted by atomic mass is 32.2. The Kier molecular flexibility index (Phi) is 6.38. The van der Waals surface area contributed by atoms with E-state index in [-0.39, 0.29) is 5.41 Å². The average Bonchev–Trinajstić information content (AvgIpc) is 2.44. The summed E-state index contributed by atoms with van der Waals surface area (Å²) in [5.74, 6) is 0. The lowest BCUT2D eigenvalue weighted by molar-refractivity contribution is 0.350. The average molecular weight is 312 g/mol. The molecule has 4 nitrogen and oxygen atoms in total. The fourth-order valence-corrected chi connectivity index (χ4v) is 3.34. The monoisotopic (exact) mass is 312 g/mol. The number of hydrogen-bond acceptors (Lipinski definition) is 3. The first-order chi connectivity index (χ1) is 9.72. The quantitative estimate of drug-likeness (QED) is 0.776. The lowest BCUT2D eigenvalue weighted by atomic mass is 9.91. The van der Waals surface area contributed by atoms with Gasteiger partial charge in [-0.05, 0) is 42.5 Å². The van der Waals surface area contributed by atoms with Crippen LogP contribution in [0.1, 0.15) is 45.2 Å². The molecular formula is C16H28N2O2S. The summed E-state index contributed by atoms with van der Waals surface area (Å²) in [5, 5.41) is 3.21. The fourth-order valence-electron chi connectivity index (χ4n) is 1.81. The summed E-state index contributed by atoms with van der Waals surface area (Å²) >= 11 is 0. The molecule has 0 aliphatic heterocycles. The number of benzene rings is 1. The van der Waals surface area contributed by atoms with Crippen LogP contribution in [-0.2, 0) is 16.6 Å². The molecule has 0 radical (unpaired) electrons. The van der Waals surface area contributed by atoms with Gasteiger partial charge in [0.25, 0.3) is 0 Å². The van der Waals surface area contributed by atoms with E-state index in [1.54, 1.807) is 6.07 Å². The van der Waals surface area contributed by atoms with Gasteiger partial charge >= 0.3 is 0 Å². The van der Waals surface area contributed by atoms with Gasteiger partial charge in [-0.15, -0.1) is 0 Å². The molecule has 2 N–H and O–H groups in total. The lowest BCUT2D eigenvalue weighted by Crippen LogP contribution is -2.34. The second-order valence-corrected chi connectivity index (χ2v) is 7.96. The molecule has 0 atom stereocenters. The first kappa shape index (κ1) is 18.1. The van der Waals surface area contributed by atoms with E-state index in [0.29, 0.717) is 18.0 Å². The van der Waals surface area contributed by atoms with E-state index in [0.717, 1.165) is 24.1 Å². The number of hydrogen-bond donors (Lipinski definition) is 2. The highest BCUT2D eigenvalue weighted by Crippen LogP contribution is 2.21. The smallest absolute Gasteiger partial charge is 0.240 e. The van der Waals surface area contributed by atoms with Gasteiger partial charge in [0.05, 0.1) is 4.90 Å². The minimum atomic E-state index is -3.46. The van der Waals surface area contributed by atoms with Crippen LogP contribution in [0.25, 0.3) is 0 Å². The van der Waals surface area contributed by atoms with E-state index < -0.39 is 10.0 Å². The van der Waals surface area contributed by atoms with Gasteiger partial charge in [0, 0.05) is 13.1 Å². The van der Waals surface area contributed by atoms with Crippen molar-refractivity contribution in [2.24, 2.45) is 5.41 Å². The van der Waals surface area contributed by atoms with Gasteiger partial charge < -0.3 is 5.32 Å². The summed E-state index contributed by atoms with van der Waals surface area (Å²) < 4.78 is 27.8.